The van der Waals surface area contributed by atoms with E-state index in [4.69, 9.17) is 0 Å². The summed E-state index contributed by atoms with van der Waals surface area (Å²) in [5.41, 5.74) is -0.00816. The number of hydrogen-bond donors (Lipinski definition) is 2. The van der Waals surface area contributed by atoms with Gasteiger partial charge in [0.1, 0.15) is 11.9 Å². The van der Waals surface area contributed by atoms with Crippen molar-refractivity contribution in [2.45, 2.75) is 65.5 Å². The number of hydrogen-bond acceptors (Lipinski definition) is 2. The van der Waals surface area contributed by atoms with Crippen molar-refractivity contribution < 1.29 is 14.0 Å². The highest BCUT2D eigenvalue weighted by atomic mass is 19.1. The van der Waals surface area contributed by atoms with E-state index >= 15 is 0 Å². The quantitative estimate of drug-likeness (QED) is 0.766. The Kier molecular flexibility index (Phi) is 7.39. The Morgan fingerprint density at radius 3 is 2.38 bits per heavy atom. The molecule has 0 aromatic heterocycles. The SMILES string of the molecule is CCC(C)[C@H](NC(=O)Cc1ccccc1F)C(=O)NC(C)(C)CC. The summed E-state index contributed by atoms with van der Waals surface area (Å²) in [4.78, 5) is 24.9. The van der Waals surface area contributed by atoms with Crippen LogP contribution < -0.4 is 10.6 Å². The highest BCUT2D eigenvalue weighted by Gasteiger charge is 2.29. The second kappa shape index (κ2) is 8.81. The van der Waals surface area contributed by atoms with Crippen molar-refractivity contribution in [1.82, 2.24) is 10.6 Å². The van der Waals surface area contributed by atoms with Crippen LogP contribution in [-0.2, 0) is 16.0 Å². The molecule has 1 rings (SSSR count). The van der Waals surface area contributed by atoms with Crippen LogP contribution in [-0.4, -0.2) is 23.4 Å². The average molecular weight is 336 g/mol. The number of halogens is 1. The summed E-state index contributed by atoms with van der Waals surface area (Å²) in [7, 11) is 0. The van der Waals surface area contributed by atoms with Gasteiger partial charge in [-0.3, -0.25) is 9.59 Å². The second-order valence-corrected chi connectivity index (χ2v) is 6.93. The van der Waals surface area contributed by atoms with Crippen molar-refractivity contribution in [2.24, 2.45) is 5.92 Å². The Balaban J connectivity index is 2.80. The van der Waals surface area contributed by atoms with Crippen molar-refractivity contribution in [1.29, 1.82) is 0 Å². The molecule has 1 aromatic rings. The lowest BCUT2D eigenvalue weighted by Crippen LogP contribution is -2.55. The smallest absolute Gasteiger partial charge is 0.243 e. The second-order valence-electron chi connectivity index (χ2n) is 6.93. The zero-order valence-electron chi connectivity index (χ0n) is 15.3. The number of carbonyl (C=O) groups is 2. The minimum atomic E-state index is -0.625. The van der Waals surface area contributed by atoms with E-state index in [0.29, 0.717) is 5.56 Å². The Hall–Kier alpha value is -1.91. The minimum absolute atomic E-state index is 0.0118. The van der Waals surface area contributed by atoms with Gasteiger partial charge >= 0.3 is 0 Å². The van der Waals surface area contributed by atoms with E-state index in [1.54, 1.807) is 18.2 Å². The summed E-state index contributed by atoms with van der Waals surface area (Å²) in [5.74, 6) is -0.973. The third-order valence-corrected chi connectivity index (χ3v) is 4.47. The average Bonchev–Trinajstić information content (AvgIpc) is 2.53. The molecule has 4 nitrogen and oxygen atoms in total. The Labute approximate surface area is 144 Å². The molecule has 0 heterocycles. The molecule has 0 radical (unpaired) electrons. The van der Waals surface area contributed by atoms with Gasteiger partial charge in [0.05, 0.1) is 6.42 Å². The maximum absolute atomic E-state index is 13.7. The van der Waals surface area contributed by atoms with Gasteiger partial charge in [0.2, 0.25) is 11.8 Å². The number of nitrogens with one attached hydrogen (secondary N) is 2. The fourth-order valence-electron chi connectivity index (χ4n) is 2.24. The summed E-state index contributed by atoms with van der Waals surface area (Å²) in [6.45, 7) is 9.78. The summed E-state index contributed by atoms with van der Waals surface area (Å²) in [5, 5.41) is 5.75. The Bertz CT molecular complexity index is 572. The fourth-order valence-corrected chi connectivity index (χ4v) is 2.24. The molecule has 0 aliphatic rings. The van der Waals surface area contributed by atoms with Crippen LogP contribution in [0, 0.1) is 11.7 Å². The van der Waals surface area contributed by atoms with Crippen molar-refractivity contribution in [3.8, 4) is 0 Å². The van der Waals surface area contributed by atoms with Crippen molar-refractivity contribution >= 4 is 11.8 Å². The Morgan fingerprint density at radius 1 is 1.21 bits per heavy atom. The maximum Gasteiger partial charge on any atom is 0.243 e. The molecule has 0 aliphatic carbocycles. The minimum Gasteiger partial charge on any atom is -0.349 e. The van der Waals surface area contributed by atoms with E-state index < -0.39 is 11.9 Å². The number of amides is 2. The van der Waals surface area contributed by atoms with Crippen LogP contribution >= 0.6 is 0 Å². The normalized spacial score (nSPS) is 13.9. The van der Waals surface area contributed by atoms with Gasteiger partial charge in [0.25, 0.3) is 0 Å². The van der Waals surface area contributed by atoms with Crippen LogP contribution in [0.1, 0.15) is 53.0 Å². The highest BCUT2D eigenvalue weighted by molar-refractivity contribution is 5.89. The van der Waals surface area contributed by atoms with Crippen LogP contribution in [0.3, 0.4) is 0 Å². The molecule has 0 fully saturated rings. The lowest BCUT2D eigenvalue weighted by atomic mass is 9.95. The van der Waals surface area contributed by atoms with Crippen LogP contribution in [0.2, 0.25) is 0 Å². The van der Waals surface area contributed by atoms with Gasteiger partial charge in [-0.2, -0.15) is 0 Å². The van der Waals surface area contributed by atoms with Crippen LogP contribution in [0.5, 0.6) is 0 Å². The fraction of sp³-hybridized carbons (Fsp3) is 0.579. The standard InChI is InChI=1S/C19H29FN2O2/c1-6-13(3)17(18(24)22-19(4,5)7-2)21-16(23)12-14-10-8-9-11-15(14)20/h8-11,13,17H,6-7,12H2,1-5H3,(H,21,23)(H,22,24)/t13?,17-/m0/s1. The molecular formula is C19H29FN2O2. The third kappa shape index (κ3) is 5.95. The third-order valence-electron chi connectivity index (χ3n) is 4.47. The van der Waals surface area contributed by atoms with E-state index in [1.165, 1.54) is 6.07 Å². The first-order valence-electron chi connectivity index (χ1n) is 8.55. The van der Waals surface area contributed by atoms with E-state index in [9.17, 15) is 14.0 Å². The topological polar surface area (TPSA) is 58.2 Å². The van der Waals surface area contributed by atoms with Crippen LogP contribution in [0.15, 0.2) is 24.3 Å². The highest BCUT2D eigenvalue weighted by Crippen LogP contribution is 2.13. The first-order valence-corrected chi connectivity index (χ1v) is 8.55. The monoisotopic (exact) mass is 336 g/mol. The van der Waals surface area contributed by atoms with Crippen LogP contribution in [0.25, 0.3) is 0 Å². The van der Waals surface area contributed by atoms with Crippen molar-refractivity contribution in [3.63, 3.8) is 0 Å². The molecule has 1 aromatic carbocycles. The van der Waals surface area contributed by atoms with Gasteiger partial charge in [-0.25, -0.2) is 4.39 Å². The molecule has 0 saturated heterocycles. The zero-order chi connectivity index (χ0) is 18.3. The summed E-state index contributed by atoms with van der Waals surface area (Å²) < 4.78 is 13.7. The molecule has 0 saturated carbocycles. The van der Waals surface area contributed by atoms with E-state index in [0.717, 1.165) is 12.8 Å². The summed E-state index contributed by atoms with van der Waals surface area (Å²) in [6.07, 6.45) is 1.46. The summed E-state index contributed by atoms with van der Waals surface area (Å²) >= 11 is 0. The number of rotatable bonds is 8. The molecule has 134 valence electrons. The van der Waals surface area contributed by atoms with Gasteiger partial charge in [-0.15, -0.1) is 0 Å². The molecule has 0 aliphatic heterocycles. The molecule has 24 heavy (non-hydrogen) atoms. The maximum atomic E-state index is 13.7. The van der Waals surface area contributed by atoms with Gasteiger partial charge in [-0.1, -0.05) is 45.4 Å². The molecule has 0 bridgehead atoms. The molecule has 5 heteroatoms. The first-order chi connectivity index (χ1) is 11.2. The lowest BCUT2D eigenvalue weighted by molar-refractivity contribution is -0.131. The lowest BCUT2D eigenvalue weighted by Gasteiger charge is -2.30. The molecule has 1 unspecified atom stereocenters. The number of benzene rings is 1. The van der Waals surface area contributed by atoms with E-state index in [2.05, 4.69) is 10.6 Å². The Morgan fingerprint density at radius 2 is 1.83 bits per heavy atom. The number of carbonyl (C=O) groups excluding carboxylic acids is 2. The molecular weight excluding hydrogens is 307 g/mol. The van der Waals surface area contributed by atoms with Gasteiger partial charge < -0.3 is 10.6 Å². The first kappa shape index (κ1) is 20.1. The molecule has 2 amide bonds. The predicted octanol–water partition coefficient (Wildman–Crippen LogP) is 3.20. The predicted molar refractivity (Wildman–Crippen MR) is 94.0 cm³/mol. The van der Waals surface area contributed by atoms with Gasteiger partial charge in [-0.05, 0) is 37.8 Å². The molecule has 2 N–H and O–H groups in total. The van der Waals surface area contributed by atoms with E-state index in [-0.39, 0.29) is 29.7 Å². The largest absolute Gasteiger partial charge is 0.349 e. The van der Waals surface area contributed by atoms with Gasteiger partial charge in [0, 0.05) is 5.54 Å². The summed E-state index contributed by atoms with van der Waals surface area (Å²) in [6, 6.07) is 5.55. The van der Waals surface area contributed by atoms with E-state index in [1.807, 2.05) is 34.6 Å². The molecule has 0 spiro atoms. The van der Waals surface area contributed by atoms with Crippen molar-refractivity contribution in [2.75, 3.05) is 0 Å². The van der Waals surface area contributed by atoms with Gasteiger partial charge in [0.15, 0.2) is 0 Å². The van der Waals surface area contributed by atoms with Crippen molar-refractivity contribution in [3.05, 3.63) is 35.6 Å². The molecule has 2 atom stereocenters. The van der Waals surface area contributed by atoms with Crippen LogP contribution in [0.4, 0.5) is 4.39 Å². The zero-order valence-corrected chi connectivity index (χ0v) is 15.3.